The third-order valence-electron chi connectivity index (χ3n) is 7.64. The Morgan fingerprint density at radius 2 is 1.75 bits per heavy atom. The Hall–Kier alpha value is -3.45. The summed E-state index contributed by atoms with van der Waals surface area (Å²) in [6.45, 7) is 10.1. The summed E-state index contributed by atoms with van der Waals surface area (Å²) in [6.07, 6.45) is 5.67. The van der Waals surface area contributed by atoms with Crippen molar-refractivity contribution in [1.29, 1.82) is 0 Å². The van der Waals surface area contributed by atoms with E-state index < -0.39 is 11.9 Å². The second kappa shape index (κ2) is 11.1. The summed E-state index contributed by atoms with van der Waals surface area (Å²) in [5, 5.41) is 9.55. The molecule has 0 spiro atoms. The number of imide groups is 1. The van der Waals surface area contributed by atoms with Crippen molar-refractivity contribution in [3.8, 4) is 0 Å². The monoisotopic (exact) mass is 488 g/mol. The highest BCUT2D eigenvalue weighted by Crippen LogP contribution is 2.32. The van der Waals surface area contributed by atoms with Gasteiger partial charge < -0.3 is 15.5 Å². The summed E-state index contributed by atoms with van der Waals surface area (Å²) in [5.41, 5.74) is 4.87. The molecule has 0 aromatic heterocycles. The largest absolute Gasteiger partial charge is 0.381 e. The minimum Gasteiger partial charge on any atom is -0.381 e. The van der Waals surface area contributed by atoms with Crippen molar-refractivity contribution in [2.24, 2.45) is 0 Å². The number of hydrogen-bond acceptors (Lipinski definition) is 5. The molecule has 1 saturated heterocycles. The Balaban J connectivity index is 1.38. The van der Waals surface area contributed by atoms with E-state index in [0.717, 1.165) is 42.6 Å². The molecule has 7 heteroatoms. The van der Waals surface area contributed by atoms with Gasteiger partial charge in [0, 0.05) is 48.4 Å². The van der Waals surface area contributed by atoms with Crippen molar-refractivity contribution in [3.05, 3.63) is 77.4 Å². The standard InChI is InChI=1S/C29H36N4O3/c1-4-16-29(5-2,6-3)31-18-21-12-10-20(11-13-21)17-30-24-9-7-8-22-23(24)19-33(28(22)36)25-14-15-26(34)32-27(25)35/h4,7-13,25,30-31H,1,5-6,14-19H2,2-3H3,(H,32,34,35). The van der Waals surface area contributed by atoms with Crippen LogP contribution >= 0.6 is 0 Å². The number of carbonyl (C=O) groups is 3. The number of anilines is 1. The zero-order valence-electron chi connectivity index (χ0n) is 21.2. The van der Waals surface area contributed by atoms with Crippen LogP contribution in [0.1, 0.15) is 73.0 Å². The van der Waals surface area contributed by atoms with Crippen LogP contribution < -0.4 is 16.0 Å². The highest BCUT2D eigenvalue weighted by molar-refractivity contribution is 6.06. The fraction of sp³-hybridized carbons (Fsp3) is 0.414. The van der Waals surface area contributed by atoms with E-state index >= 15 is 0 Å². The average molecular weight is 489 g/mol. The lowest BCUT2D eigenvalue weighted by Gasteiger charge is -2.32. The Morgan fingerprint density at radius 3 is 2.39 bits per heavy atom. The van der Waals surface area contributed by atoms with Crippen molar-refractivity contribution in [3.63, 3.8) is 0 Å². The fourth-order valence-corrected chi connectivity index (χ4v) is 5.15. The Morgan fingerprint density at radius 1 is 1.06 bits per heavy atom. The predicted octanol–water partition coefficient (Wildman–Crippen LogP) is 4.28. The summed E-state index contributed by atoms with van der Waals surface area (Å²) in [5.74, 6) is -0.834. The molecule has 3 N–H and O–H groups in total. The van der Waals surface area contributed by atoms with Crippen molar-refractivity contribution >= 4 is 23.4 Å². The number of hydrogen-bond donors (Lipinski definition) is 3. The molecule has 1 atom stereocenters. The predicted molar refractivity (Wildman–Crippen MR) is 141 cm³/mol. The summed E-state index contributed by atoms with van der Waals surface area (Å²) in [7, 11) is 0. The number of carbonyl (C=O) groups excluding carboxylic acids is 3. The van der Waals surface area contributed by atoms with Crippen molar-refractivity contribution in [1.82, 2.24) is 15.5 Å². The van der Waals surface area contributed by atoms with Crippen molar-refractivity contribution < 1.29 is 14.4 Å². The van der Waals surface area contributed by atoms with E-state index in [-0.39, 0.29) is 23.8 Å². The molecule has 2 aromatic carbocycles. The first-order valence-corrected chi connectivity index (χ1v) is 12.8. The van der Waals surface area contributed by atoms with Crippen LogP contribution in [0.2, 0.25) is 0 Å². The van der Waals surface area contributed by atoms with Crippen LogP contribution in [0.15, 0.2) is 55.1 Å². The Bertz CT molecular complexity index is 1140. The lowest BCUT2D eigenvalue weighted by Crippen LogP contribution is -2.52. The molecule has 4 rings (SSSR count). The molecule has 3 amide bonds. The number of benzene rings is 2. The summed E-state index contributed by atoms with van der Waals surface area (Å²) >= 11 is 0. The number of nitrogens with zero attached hydrogens (tertiary/aromatic N) is 1. The molecule has 190 valence electrons. The zero-order chi connectivity index (χ0) is 25.7. The lowest BCUT2D eigenvalue weighted by atomic mass is 9.88. The van der Waals surface area contributed by atoms with E-state index in [1.807, 2.05) is 18.2 Å². The molecule has 0 aliphatic carbocycles. The number of amides is 3. The van der Waals surface area contributed by atoms with E-state index in [2.05, 4.69) is 60.6 Å². The summed E-state index contributed by atoms with van der Waals surface area (Å²) < 4.78 is 0. The van der Waals surface area contributed by atoms with E-state index in [4.69, 9.17) is 0 Å². The molecule has 2 aliphatic rings. The van der Waals surface area contributed by atoms with Crippen LogP contribution in [0.3, 0.4) is 0 Å². The molecule has 0 bridgehead atoms. The van der Waals surface area contributed by atoms with Gasteiger partial charge in [-0.05, 0) is 48.9 Å². The molecule has 2 aliphatic heterocycles. The van der Waals surface area contributed by atoms with Crippen molar-refractivity contribution in [2.75, 3.05) is 5.32 Å². The maximum Gasteiger partial charge on any atom is 0.255 e. The van der Waals surface area contributed by atoms with Gasteiger partial charge in [-0.3, -0.25) is 19.7 Å². The molecule has 1 fully saturated rings. The molecule has 36 heavy (non-hydrogen) atoms. The van der Waals surface area contributed by atoms with E-state index in [9.17, 15) is 14.4 Å². The van der Waals surface area contributed by atoms with Crippen molar-refractivity contribution in [2.45, 2.75) is 77.2 Å². The third-order valence-corrected chi connectivity index (χ3v) is 7.64. The molecule has 2 aromatic rings. The van der Waals surface area contributed by atoms with Gasteiger partial charge >= 0.3 is 0 Å². The highest BCUT2D eigenvalue weighted by Gasteiger charge is 2.39. The molecule has 1 unspecified atom stereocenters. The first-order valence-electron chi connectivity index (χ1n) is 12.8. The average Bonchev–Trinajstić information content (AvgIpc) is 3.22. The van der Waals surface area contributed by atoms with Crippen LogP contribution in [0, 0.1) is 0 Å². The van der Waals surface area contributed by atoms with Crippen LogP contribution in [0.4, 0.5) is 5.69 Å². The van der Waals surface area contributed by atoms with E-state index in [1.54, 1.807) is 11.0 Å². The van der Waals surface area contributed by atoms with Gasteiger partial charge in [-0.1, -0.05) is 50.3 Å². The minimum absolute atomic E-state index is 0.0921. The summed E-state index contributed by atoms with van der Waals surface area (Å²) in [4.78, 5) is 38.4. The number of rotatable bonds is 11. The van der Waals surface area contributed by atoms with Crippen LogP contribution in [-0.4, -0.2) is 34.2 Å². The smallest absolute Gasteiger partial charge is 0.255 e. The topological polar surface area (TPSA) is 90.5 Å². The summed E-state index contributed by atoms with van der Waals surface area (Å²) in [6, 6.07) is 13.6. The van der Waals surface area contributed by atoms with Gasteiger partial charge in [-0.2, -0.15) is 0 Å². The Kier molecular flexibility index (Phi) is 7.89. The molecule has 2 heterocycles. The first-order chi connectivity index (χ1) is 17.4. The second-order valence-electron chi connectivity index (χ2n) is 9.74. The normalized spacial score (nSPS) is 17.7. The SMILES string of the molecule is C=CCC(CC)(CC)NCc1ccc(CNc2cccc3c2CN(C2CCC(=O)NC2=O)C3=O)cc1. The maximum atomic E-state index is 13.0. The van der Waals surface area contributed by atoms with Gasteiger partial charge in [-0.25, -0.2) is 0 Å². The van der Waals surface area contributed by atoms with Gasteiger partial charge in [0.2, 0.25) is 11.8 Å². The Labute approximate surface area is 213 Å². The molecular weight excluding hydrogens is 452 g/mol. The lowest BCUT2D eigenvalue weighted by molar-refractivity contribution is -0.136. The number of fused-ring (bicyclic) bond motifs is 1. The van der Waals surface area contributed by atoms with E-state index in [0.29, 0.717) is 25.1 Å². The molecule has 0 saturated carbocycles. The third kappa shape index (κ3) is 5.36. The fourth-order valence-electron chi connectivity index (χ4n) is 5.15. The quantitative estimate of drug-likeness (QED) is 0.324. The van der Waals surface area contributed by atoms with Gasteiger partial charge in [0.15, 0.2) is 0 Å². The molecular formula is C29H36N4O3. The zero-order valence-corrected chi connectivity index (χ0v) is 21.2. The van der Waals surface area contributed by atoms with E-state index in [1.165, 1.54) is 5.56 Å². The van der Waals surface area contributed by atoms with Crippen LogP contribution in [0.5, 0.6) is 0 Å². The second-order valence-corrected chi connectivity index (χ2v) is 9.74. The first kappa shape index (κ1) is 25.6. The molecule has 0 radical (unpaired) electrons. The number of piperidine rings is 1. The number of nitrogens with one attached hydrogen (secondary N) is 3. The van der Waals surface area contributed by atoms with Gasteiger partial charge in [0.05, 0.1) is 0 Å². The van der Waals surface area contributed by atoms with Crippen LogP contribution in [-0.2, 0) is 29.2 Å². The van der Waals surface area contributed by atoms with Gasteiger partial charge in [0.25, 0.3) is 5.91 Å². The van der Waals surface area contributed by atoms with Gasteiger partial charge in [0.1, 0.15) is 6.04 Å². The van der Waals surface area contributed by atoms with Gasteiger partial charge in [-0.15, -0.1) is 6.58 Å². The molecule has 7 nitrogen and oxygen atoms in total. The minimum atomic E-state index is -0.609. The maximum absolute atomic E-state index is 13.0. The van der Waals surface area contributed by atoms with Crippen LogP contribution in [0.25, 0.3) is 0 Å². The highest BCUT2D eigenvalue weighted by atomic mass is 16.2.